The first-order valence-electron chi connectivity index (χ1n) is 9.49. The molecular formula is C22H31N3O3. The van der Waals surface area contributed by atoms with Crippen LogP contribution in [0, 0.1) is 5.92 Å². The smallest absolute Gasteiger partial charge is 0.189 e. The zero-order chi connectivity index (χ0) is 20.4. The Balaban J connectivity index is 1.92. The van der Waals surface area contributed by atoms with Crippen molar-refractivity contribution in [2.45, 2.75) is 33.4 Å². The highest BCUT2D eigenvalue weighted by molar-refractivity contribution is 5.77. The zero-order valence-electron chi connectivity index (χ0n) is 17.2. The van der Waals surface area contributed by atoms with Crippen LogP contribution in [0.1, 0.15) is 31.4 Å². The predicted octanol–water partition coefficient (Wildman–Crippen LogP) is 3.73. The zero-order valence-corrected chi connectivity index (χ0v) is 17.2. The van der Waals surface area contributed by atoms with Crippen LogP contribution in [-0.4, -0.2) is 26.8 Å². The maximum Gasteiger partial charge on any atom is 0.189 e. The number of nitrogens with one attached hydrogen (secondary N) is 1. The Labute approximate surface area is 167 Å². The summed E-state index contributed by atoms with van der Waals surface area (Å²) in [4.78, 5) is 4.40. The first kappa shape index (κ1) is 21.4. The Hall–Kier alpha value is -2.89. The van der Waals surface area contributed by atoms with Gasteiger partial charge in [-0.05, 0) is 36.1 Å². The van der Waals surface area contributed by atoms with E-state index < -0.39 is 0 Å². The molecule has 2 rings (SSSR count). The van der Waals surface area contributed by atoms with Crippen LogP contribution in [0.15, 0.2) is 47.5 Å². The predicted molar refractivity (Wildman–Crippen MR) is 113 cm³/mol. The van der Waals surface area contributed by atoms with Crippen molar-refractivity contribution >= 4 is 5.96 Å². The normalized spacial score (nSPS) is 11.4. The fourth-order valence-corrected chi connectivity index (χ4v) is 2.59. The number of guanidine groups is 1. The van der Waals surface area contributed by atoms with Gasteiger partial charge in [0.25, 0.3) is 0 Å². The van der Waals surface area contributed by atoms with Gasteiger partial charge in [-0.2, -0.15) is 0 Å². The van der Waals surface area contributed by atoms with Gasteiger partial charge >= 0.3 is 0 Å². The summed E-state index contributed by atoms with van der Waals surface area (Å²) in [7, 11) is 3.23. The fourth-order valence-electron chi connectivity index (χ4n) is 2.59. The van der Waals surface area contributed by atoms with E-state index in [4.69, 9.17) is 19.9 Å². The van der Waals surface area contributed by atoms with Gasteiger partial charge in [0.15, 0.2) is 17.5 Å². The maximum atomic E-state index is 6.03. The largest absolute Gasteiger partial charge is 0.493 e. The number of nitrogens with two attached hydrogens (primary N) is 1. The minimum Gasteiger partial charge on any atom is -0.493 e. The molecule has 6 heteroatoms. The first-order valence-corrected chi connectivity index (χ1v) is 9.49. The lowest BCUT2D eigenvalue weighted by molar-refractivity contribution is 0.286. The van der Waals surface area contributed by atoms with Crippen LogP contribution in [0.5, 0.6) is 17.2 Å². The number of benzene rings is 2. The minimum atomic E-state index is 0.381. The number of nitrogens with zero attached hydrogens (tertiary/aromatic N) is 1. The Kier molecular flexibility index (Phi) is 8.46. The summed E-state index contributed by atoms with van der Waals surface area (Å²) in [5.41, 5.74) is 8.07. The van der Waals surface area contributed by atoms with Gasteiger partial charge in [-0.25, -0.2) is 4.99 Å². The Morgan fingerprint density at radius 2 is 1.79 bits per heavy atom. The van der Waals surface area contributed by atoms with Crippen molar-refractivity contribution in [2.75, 3.05) is 20.8 Å². The standard InChI is InChI=1S/C22H31N3O3/c1-16(2)11-12-28-19-8-6-5-7-18(19)15-25-22(23)24-14-17-9-10-20(26-3)21(13-17)27-4/h5-10,13,16H,11-12,14-15H2,1-4H3,(H3,23,24,25). The molecule has 0 aliphatic heterocycles. The second kappa shape index (κ2) is 11.1. The van der Waals surface area contributed by atoms with Gasteiger partial charge in [0, 0.05) is 12.1 Å². The van der Waals surface area contributed by atoms with Gasteiger partial charge in [-0.3, -0.25) is 0 Å². The third-order valence-electron chi connectivity index (χ3n) is 4.27. The van der Waals surface area contributed by atoms with E-state index in [1.165, 1.54) is 0 Å². The highest BCUT2D eigenvalue weighted by Gasteiger charge is 2.06. The van der Waals surface area contributed by atoms with Crippen molar-refractivity contribution in [1.29, 1.82) is 0 Å². The van der Waals surface area contributed by atoms with Crippen molar-refractivity contribution in [2.24, 2.45) is 16.6 Å². The molecule has 6 nitrogen and oxygen atoms in total. The van der Waals surface area contributed by atoms with E-state index in [1.807, 2.05) is 42.5 Å². The molecule has 2 aromatic carbocycles. The molecule has 0 aliphatic rings. The van der Waals surface area contributed by atoms with Gasteiger partial charge < -0.3 is 25.3 Å². The fraction of sp³-hybridized carbons (Fsp3) is 0.409. The number of hydrogen-bond acceptors (Lipinski definition) is 4. The molecule has 3 N–H and O–H groups in total. The molecule has 0 atom stereocenters. The average molecular weight is 386 g/mol. The highest BCUT2D eigenvalue weighted by atomic mass is 16.5. The van der Waals surface area contributed by atoms with Crippen molar-refractivity contribution in [1.82, 2.24) is 5.32 Å². The second-order valence-electron chi connectivity index (χ2n) is 6.88. The molecule has 0 aromatic heterocycles. The lowest BCUT2D eigenvalue weighted by Gasteiger charge is -2.13. The number of hydrogen-bond donors (Lipinski definition) is 2. The van der Waals surface area contributed by atoms with Gasteiger partial charge in [0.1, 0.15) is 5.75 Å². The van der Waals surface area contributed by atoms with Crippen molar-refractivity contribution in [3.63, 3.8) is 0 Å². The molecule has 0 radical (unpaired) electrons. The van der Waals surface area contributed by atoms with Crippen molar-refractivity contribution in [3.05, 3.63) is 53.6 Å². The maximum absolute atomic E-state index is 6.03. The SMILES string of the molecule is COc1ccc(CN=C(N)NCc2ccccc2OCCC(C)C)cc1OC. The van der Waals surface area contributed by atoms with Gasteiger partial charge in [-0.15, -0.1) is 0 Å². The van der Waals surface area contributed by atoms with Crippen molar-refractivity contribution in [3.8, 4) is 17.2 Å². The molecule has 0 amide bonds. The molecule has 2 aromatic rings. The van der Waals surface area contributed by atoms with Crippen LogP contribution < -0.4 is 25.3 Å². The summed E-state index contributed by atoms with van der Waals surface area (Å²) in [6.45, 7) is 6.08. The summed E-state index contributed by atoms with van der Waals surface area (Å²) in [5.74, 6) is 3.24. The summed E-state index contributed by atoms with van der Waals surface area (Å²) in [6.07, 6.45) is 1.02. The van der Waals surface area contributed by atoms with E-state index in [0.717, 1.165) is 23.3 Å². The Morgan fingerprint density at radius 1 is 1.04 bits per heavy atom. The number of aliphatic imine (C=N–C) groups is 1. The number of methoxy groups -OCH3 is 2. The van der Waals surface area contributed by atoms with Gasteiger partial charge in [0.05, 0.1) is 27.4 Å². The number of para-hydroxylation sites is 1. The van der Waals surface area contributed by atoms with E-state index in [0.29, 0.717) is 43.1 Å². The summed E-state index contributed by atoms with van der Waals surface area (Å²) in [6, 6.07) is 13.7. The summed E-state index contributed by atoms with van der Waals surface area (Å²) < 4.78 is 16.5. The van der Waals surface area contributed by atoms with E-state index >= 15 is 0 Å². The summed E-state index contributed by atoms with van der Waals surface area (Å²) in [5, 5.41) is 3.15. The highest BCUT2D eigenvalue weighted by Crippen LogP contribution is 2.27. The van der Waals surface area contributed by atoms with Crippen LogP contribution in [0.25, 0.3) is 0 Å². The quantitative estimate of drug-likeness (QED) is 0.481. The monoisotopic (exact) mass is 385 g/mol. The topological polar surface area (TPSA) is 78.1 Å². The molecule has 0 fully saturated rings. The van der Waals surface area contributed by atoms with E-state index in [9.17, 15) is 0 Å². The minimum absolute atomic E-state index is 0.381. The third-order valence-corrected chi connectivity index (χ3v) is 4.27. The first-order chi connectivity index (χ1) is 13.5. The second-order valence-corrected chi connectivity index (χ2v) is 6.88. The lowest BCUT2D eigenvalue weighted by atomic mass is 10.1. The van der Waals surface area contributed by atoms with E-state index in [2.05, 4.69) is 24.2 Å². The summed E-state index contributed by atoms with van der Waals surface area (Å²) >= 11 is 0. The van der Waals surface area contributed by atoms with Crippen LogP contribution in [0.3, 0.4) is 0 Å². The molecule has 0 saturated heterocycles. The van der Waals surface area contributed by atoms with Gasteiger partial charge in [-0.1, -0.05) is 38.1 Å². The van der Waals surface area contributed by atoms with Crippen molar-refractivity contribution < 1.29 is 14.2 Å². The van der Waals surface area contributed by atoms with Crippen LogP contribution >= 0.6 is 0 Å². The molecule has 0 unspecified atom stereocenters. The Bertz CT molecular complexity index is 775. The molecule has 0 saturated carbocycles. The molecule has 0 heterocycles. The Morgan fingerprint density at radius 3 is 2.50 bits per heavy atom. The average Bonchev–Trinajstić information content (AvgIpc) is 2.71. The number of rotatable bonds is 10. The van der Waals surface area contributed by atoms with Crippen LogP contribution in [-0.2, 0) is 13.1 Å². The number of ether oxygens (including phenoxy) is 3. The molecule has 28 heavy (non-hydrogen) atoms. The molecule has 0 bridgehead atoms. The third kappa shape index (κ3) is 6.68. The van der Waals surface area contributed by atoms with Crippen LogP contribution in [0.4, 0.5) is 0 Å². The lowest BCUT2D eigenvalue weighted by Crippen LogP contribution is -2.31. The molecule has 152 valence electrons. The van der Waals surface area contributed by atoms with Crippen LogP contribution in [0.2, 0.25) is 0 Å². The van der Waals surface area contributed by atoms with E-state index in [1.54, 1.807) is 14.2 Å². The van der Waals surface area contributed by atoms with Gasteiger partial charge in [0.2, 0.25) is 0 Å². The molecule has 0 aliphatic carbocycles. The van der Waals surface area contributed by atoms with E-state index in [-0.39, 0.29) is 0 Å². The molecular weight excluding hydrogens is 354 g/mol. The molecule has 0 spiro atoms.